The number of aromatic nitrogens is 2. The highest BCUT2D eigenvalue weighted by atomic mass is 35.5. The van der Waals surface area contributed by atoms with Crippen molar-refractivity contribution in [2.75, 3.05) is 0 Å². The predicted octanol–water partition coefficient (Wildman–Crippen LogP) is 2.88. The molecular formula is C14H10ClN3OS. The maximum atomic E-state index is 12.2. The molecule has 0 N–H and O–H groups in total. The Morgan fingerprint density at radius 2 is 2.00 bits per heavy atom. The highest BCUT2D eigenvalue weighted by Gasteiger charge is 2.04. The summed E-state index contributed by atoms with van der Waals surface area (Å²) in [6.07, 6.45) is 1.67. The first-order valence-corrected chi connectivity index (χ1v) is 7.10. The molecule has 0 aliphatic carbocycles. The summed E-state index contributed by atoms with van der Waals surface area (Å²) in [7, 11) is 1.71. The molecule has 0 fully saturated rings. The maximum absolute atomic E-state index is 12.2. The summed E-state index contributed by atoms with van der Waals surface area (Å²) in [6.45, 7) is 0. The topological polar surface area (TPSA) is 47.2 Å². The summed E-state index contributed by atoms with van der Waals surface area (Å²) in [4.78, 5) is 22.2. The van der Waals surface area contributed by atoms with Crippen molar-refractivity contribution in [3.8, 4) is 0 Å². The van der Waals surface area contributed by atoms with Gasteiger partial charge in [0.15, 0.2) is 4.80 Å². The third-order valence-electron chi connectivity index (χ3n) is 2.83. The van der Waals surface area contributed by atoms with Crippen LogP contribution in [0.3, 0.4) is 0 Å². The Morgan fingerprint density at radius 3 is 2.75 bits per heavy atom. The Hall–Kier alpha value is -1.98. The number of halogens is 1. The number of pyridine rings is 1. The van der Waals surface area contributed by atoms with E-state index in [1.54, 1.807) is 37.5 Å². The van der Waals surface area contributed by atoms with E-state index in [4.69, 9.17) is 11.6 Å². The SMILES string of the molecule is Cn1c(=O)c2cccnc2s/c1=N\c1ccc(Cl)cc1. The molecule has 0 aliphatic rings. The minimum Gasteiger partial charge on any atom is -0.287 e. The minimum absolute atomic E-state index is 0.0976. The Morgan fingerprint density at radius 1 is 1.25 bits per heavy atom. The van der Waals surface area contributed by atoms with Gasteiger partial charge in [-0.15, -0.1) is 0 Å². The molecule has 2 aromatic heterocycles. The van der Waals surface area contributed by atoms with Crippen molar-refractivity contribution in [2.45, 2.75) is 0 Å². The van der Waals surface area contributed by atoms with Crippen LogP contribution in [0.15, 0.2) is 52.4 Å². The third-order valence-corrected chi connectivity index (χ3v) is 4.15. The summed E-state index contributed by atoms with van der Waals surface area (Å²) in [5, 5.41) is 1.26. The second kappa shape index (κ2) is 5.19. The molecular weight excluding hydrogens is 294 g/mol. The van der Waals surface area contributed by atoms with Crippen LogP contribution in [0.4, 0.5) is 5.69 Å². The van der Waals surface area contributed by atoms with Crippen LogP contribution >= 0.6 is 22.9 Å². The first-order chi connectivity index (χ1) is 9.65. The number of hydrogen-bond acceptors (Lipinski definition) is 4. The Balaban J connectivity index is 2.29. The van der Waals surface area contributed by atoms with Gasteiger partial charge in [0.05, 0.1) is 11.1 Å². The van der Waals surface area contributed by atoms with Gasteiger partial charge in [-0.1, -0.05) is 22.9 Å². The summed E-state index contributed by atoms with van der Waals surface area (Å²) >= 11 is 7.22. The molecule has 0 aliphatic heterocycles. The standard InChI is InChI=1S/C14H10ClN3OS/c1-18-13(19)11-3-2-8-16-12(11)20-14(18)17-10-6-4-9(15)5-7-10/h2-8H,1H3/b17-14-. The zero-order valence-corrected chi connectivity index (χ0v) is 12.1. The molecule has 0 unspecified atom stereocenters. The molecule has 0 spiro atoms. The van der Waals surface area contributed by atoms with Crippen LogP contribution in [0, 0.1) is 0 Å². The molecule has 3 rings (SSSR count). The van der Waals surface area contributed by atoms with Gasteiger partial charge in [-0.25, -0.2) is 9.98 Å². The minimum atomic E-state index is -0.0976. The van der Waals surface area contributed by atoms with Gasteiger partial charge in [0.25, 0.3) is 5.56 Å². The lowest BCUT2D eigenvalue weighted by Crippen LogP contribution is -2.28. The van der Waals surface area contributed by atoms with Crippen LogP contribution in [-0.4, -0.2) is 9.55 Å². The quantitative estimate of drug-likeness (QED) is 0.694. The highest BCUT2D eigenvalue weighted by molar-refractivity contribution is 7.15. The normalized spacial score (nSPS) is 12.0. The summed E-state index contributed by atoms with van der Waals surface area (Å²) in [5.74, 6) is 0. The third kappa shape index (κ3) is 2.37. The molecule has 0 radical (unpaired) electrons. The van der Waals surface area contributed by atoms with E-state index in [0.717, 1.165) is 5.69 Å². The van der Waals surface area contributed by atoms with Gasteiger partial charge in [0.1, 0.15) is 4.83 Å². The molecule has 3 aromatic rings. The van der Waals surface area contributed by atoms with Crippen molar-refractivity contribution in [1.82, 2.24) is 9.55 Å². The van der Waals surface area contributed by atoms with E-state index in [-0.39, 0.29) is 5.56 Å². The first-order valence-electron chi connectivity index (χ1n) is 5.90. The molecule has 0 saturated heterocycles. The summed E-state index contributed by atoms with van der Waals surface area (Å²) in [6, 6.07) is 10.7. The van der Waals surface area contributed by atoms with Gasteiger partial charge in [-0.3, -0.25) is 9.36 Å². The number of nitrogens with zero attached hydrogens (tertiary/aromatic N) is 3. The van der Waals surface area contributed by atoms with Gasteiger partial charge < -0.3 is 0 Å². The molecule has 0 saturated carbocycles. The van der Waals surface area contributed by atoms with Crippen molar-refractivity contribution < 1.29 is 0 Å². The molecule has 1 aromatic carbocycles. The van der Waals surface area contributed by atoms with E-state index in [0.29, 0.717) is 20.0 Å². The van der Waals surface area contributed by atoms with E-state index in [1.165, 1.54) is 15.9 Å². The number of fused-ring (bicyclic) bond motifs is 1. The Kier molecular flexibility index (Phi) is 3.38. The molecule has 0 amide bonds. The van der Waals surface area contributed by atoms with Crippen LogP contribution in [0.1, 0.15) is 0 Å². The van der Waals surface area contributed by atoms with Crippen LogP contribution in [0.5, 0.6) is 0 Å². The van der Waals surface area contributed by atoms with Gasteiger partial charge in [0, 0.05) is 18.3 Å². The van der Waals surface area contributed by atoms with E-state index in [1.807, 2.05) is 12.1 Å². The van der Waals surface area contributed by atoms with Gasteiger partial charge in [-0.2, -0.15) is 0 Å². The summed E-state index contributed by atoms with van der Waals surface area (Å²) in [5.41, 5.74) is 0.649. The van der Waals surface area contributed by atoms with E-state index in [9.17, 15) is 4.79 Å². The fourth-order valence-corrected chi connectivity index (χ4v) is 2.83. The Labute approximate surface area is 123 Å². The lowest BCUT2D eigenvalue weighted by atomic mass is 10.3. The average Bonchev–Trinajstić information content (AvgIpc) is 2.47. The molecule has 6 heteroatoms. The van der Waals surface area contributed by atoms with E-state index in [2.05, 4.69) is 9.98 Å². The lowest BCUT2D eigenvalue weighted by Gasteiger charge is -2.01. The van der Waals surface area contributed by atoms with E-state index < -0.39 is 0 Å². The predicted molar refractivity (Wildman–Crippen MR) is 81.5 cm³/mol. The Bertz CT molecular complexity index is 897. The number of rotatable bonds is 1. The molecule has 4 nitrogen and oxygen atoms in total. The van der Waals surface area contributed by atoms with Crippen LogP contribution in [0.2, 0.25) is 5.02 Å². The van der Waals surface area contributed by atoms with Crippen molar-refractivity contribution in [1.29, 1.82) is 0 Å². The van der Waals surface area contributed by atoms with Gasteiger partial charge in [-0.05, 0) is 36.4 Å². The second-order valence-electron chi connectivity index (χ2n) is 4.19. The van der Waals surface area contributed by atoms with Crippen molar-refractivity contribution in [3.63, 3.8) is 0 Å². The maximum Gasteiger partial charge on any atom is 0.262 e. The molecule has 0 bridgehead atoms. The monoisotopic (exact) mass is 303 g/mol. The van der Waals surface area contributed by atoms with Crippen molar-refractivity contribution in [2.24, 2.45) is 12.0 Å². The van der Waals surface area contributed by atoms with Crippen molar-refractivity contribution in [3.05, 3.63) is 62.8 Å². The average molecular weight is 304 g/mol. The van der Waals surface area contributed by atoms with Gasteiger partial charge in [0.2, 0.25) is 0 Å². The zero-order valence-electron chi connectivity index (χ0n) is 10.6. The smallest absolute Gasteiger partial charge is 0.262 e. The lowest BCUT2D eigenvalue weighted by molar-refractivity contribution is 0.832. The fourth-order valence-electron chi connectivity index (χ4n) is 1.78. The zero-order chi connectivity index (χ0) is 14.1. The van der Waals surface area contributed by atoms with Crippen LogP contribution in [-0.2, 0) is 7.05 Å². The molecule has 0 atom stereocenters. The number of hydrogen-bond donors (Lipinski definition) is 0. The molecule has 2 heterocycles. The second-order valence-corrected chi connectivity index (χ2v) is 5.59. The largest absolute Gasteiger partial charge is 0.287 e. The van der Waals surface area contributed by atoms with Crippen LogP contribution < -0.4 is 10.4 Å². The highest BCUT2D eigenvalue weighted by Crippen LogP contribution is 2.16. The fraction of sp³-hybridized carbons (Fsp3) is 0.0714. The van der Waals surface area contributed by atoms with Gasteiger partial charge >= 0.3 is 0 Å². The molecule has 20 heavy (non-hydrogen) atoms. The number of benzene rings is 1. The van der Waals surface area contributed by atoms with Crippen LogP contribution in [0.25, 0.3) is 10.2 Å². The van der Waals surface area contributed by atoms with E-state index >= 15 is 0 Å². The summed E-state index contributed by atoms with van der Waals surface area (Å²) < 4.78 is 1.53. The molecule has 100 valence electrons. The van der Waals surface area contributed by atoms with Crippen molar-refractivity contribution >= 4 is 38.8 Å². The first kappa shape index (κ1) is 13.0.